The highest BCUT2D eigenvalue weighted by atomic mass is 127. The van der Waals surface area contributed by atoms with Crippen molar-refractivity contribution in [3.05, 3.63) is 42.3 Å². The molecule has 7 heteroatoms. The molecule has 0 spiro atoms. The molecule has 0 aliphatic heterocycles. The van der Waals surface area contributed by atoms with E-state index in [0.29, 0.717) is 31.5 Å². The van der Waals surface area contributed by atoms with Crippen molar-refractivity contribution in [1.29, 1.82) is 0 Å². The van der Waals surface area contributed by atoms with E-state index in [1.54, 1.807) is 13.4 Å². The van der Waals surface area contributed by atoms with Crippen molar-refractivity contribution in [1.82, 2.24) is 10.3 Å². The zero-order valence-corrected chi connectivity index (χ0v) is 14.1. The molecule has 0 unspecified atom stereocenters. The Labute approximate surface area is 140 Å². The van der Waals surface area contributed by atoms with Crippen molar-refractivity contribution in [2.75, 3.05) is 20.3 Å². The molecule has 0 aliphatic rings. The third kappa shape index (κ3) is 5.72. The summed E-state index contributed by atoms with van der Waals surface area (Å²) >= 11 is 0. The normalized spacial score (nSPS) is 11.0. The van der Waals surface area contributed by atoms with E-state index < -0.39 is 0 Å². The third-order valence-electron chi connectivity index (χ3n) is 2.60. The molecule has 6 nitrogen and oxygen atoms in total. The van der Waals surface area contributed by atoms with Crippen molar-refractivity contribution in [2.24, 2.45) is 10.7 Å². The van der Waals surface area contributed by atoms with Gasteiger partial charge in [-0.05, 0) is 12.1 Å². The van der Waals surface area contributed by atoms with Crippen LogP contribution in [0, 0.1) is 0 Å². The molecule has 0 bridgehead atoms. The first kappa shape index (κ1) is 17.4. The first-order valence-corrected chi connectivity index (χ1v) is 6.32. The highest BCUT2D eigenvalue weighted by molar-refractivity contribution is 14.0. The molecule has 2 aromatic rings. The highest BCUT2D eigenvalue weighted by Gasteiger charge is 2.05. The van der Waals surface area contributed by atoms with Gasteiger partial charge in [0.25, 0.3) is 0 Å². The smallest absolute Gasteiger partial charge is 0.226 e. The number of ether oxygens (including phenoxy) is 1. The van der Waals surface area contributed by atoms with E-state index in [9.17, 15) is 0 Å². The van der Waals surface area contributed by atoms with Gasteiger partial charge in [-0.25, -0.2) is 9.98 Å². The Morgan fingerprint density at radius 3 is 2.86 bits per heavy atom. The van der Waals surface area contributed by atoms with Crippen molar-refractivity contribution in [2.45, 2.75) is 6.54 Å². The lowest BCUT2D eigenvalue weighted by molar-refractivity contribution is 0.204. The van der Waals surface area contributed by atoms with Gasteiger partial charge in [-0.2, -0.15) is 0 Å². The summed E-state index contributed by atoms with van der Waals surface area (Å²) in [5.41, 5.74) is 7.38. The second-order valence-corrected chi connectivity index (χ2v) is 4.13. The summed E-state index contributed by atoms with van der Waals surface area (Å²) in [6.45, 7) is 1.58. The van der Waals surface area contributed by atoms with Crippen LogP contribution in [0.1, 0.15) is 5.69 Å². The Hall–Kier alpha value is -1.61. The Morgan fingerprint density at radius 2 is 2.14 bits per heavy atom. The highest BCUT2D eigenvalue weighted by Crippen LogP contribution is 2.18. The number of guanidine groups is 1. The summed E-state index contributed by atoms with van der Waals surface area (Å²) in [5.74, 6) is 0.952. The fraction of sp³-hybridized carbons (Fsp3) is 0.286. The standard InChI is InChI=1S/C14H18N4O2.HI/c1-19-8-7-16-14(15)17-9-12-10-20-13(18-12)11-5-3-2-4-6-11;/h2-6,10H,7-9H2,1H3,(H3,15,16,17);1H. The van der Waals surface area contributed by atoms with Gasteiger partial charge >= 0.3 is 0 Å². The zero-order chi connectivity index (χ0) is 14.2. The first-order valence-electron chi connectivity index (χ1n) is 6.32. The molecule has 114 valence electrons. The van der Waals surface area contributed by atoms with Crippen LogP contribution in [-0.2, 0) is 11.3 Å². The summed E-state index contributed by atoms with van der Waals surface area (Å²) < 4.78 is 10.3. The molecule has 1 aromatic heterocycles. The predicted octanol–water partition coefficient (Wildman–Crippen LogP) is 2.01. The molecule has 21 heavy (non-hydrogen) atoms. The van der Waals surface area contributed by atoms with Gasteiger partial charge in [0.15, 0.2) is 5.96 Å². The molecule has 0 amide bonds. The minimum atomic E-state index is 0. The lowest BCUT2D eigenvalue weighted by atomic mass is 10.2. The molecule has 1 aromatic carbocycles. The number of halogens is 1. The number of aromatic nitrogens is 1. The maximum atomic E-state index is 5.71. The van der Waals surface area contributed by atoms with Crippen LogP contribution in [0.4, 0.5) is 0 Å². The number of hydrogen-bond donors (Lipinski definition) is 2. The van der Waals surface area contributed by atoms with Crippen LogP contribution in [0.15, 0.2) is 46.0 Å². The number of aliphatic imine (C=N–C) groups is 1. The summed E-state index contributed by atoms with van der Waals surface area (Å²) in [7, 11) is 1.63. The second-order valence-electron chi connectivity index (χ2n) is 4.13. The zero-order valence-electron chi connectivity index (χ0n) is 11.8. The van der Waals surface area contributed by atoms with Gasteiger partial charge < -0.3 is 20.2 Å². The average Bonchev–Trinajstić information content (AvgIpc) is 2.95. The lowest BCUT2D eigenvalue weighted by Crippen LogP contribution is -2.34. The minimum Gasteiger partial charge on any atom is -0.444 e. The molecule has 0 aliphatic carbocycles. The second kappa shape index (κ2) is 9.35. The van der Waals surface area contributed by atoms with Crippen molar-refractivity contribution in [3.63, 3.8) is 0 Å². The summed E-state index contributed by atoms with van der Waals surface area (Å²) in [4.78, 5) is 8.55. The maximum Gasteiger partial charge on any atom is 0.226 e. The molecule has 0 saturated carbocycles. The first-order chi connectivity index (χ1) is 9.79. The van der Waals surface area contributed by atoms with Crippen molar-refractivity contribution < 1.29 is 9.15 Å². The van der Waals surface area contributed by atoms with Crippen molar-refractivity contribution >= 4 is 29.9 Å². The van der Waals surface area contributed by atoms with E-state index in [0.717, 1.165) is 11.3 Å². The Bertz CT molecular complexity index is 557. The SMILES string of the molecule is COCCNC(N)=NCc1coc(-c2ccccc2)n1.I. The van der Waals surface area contributed by atoms with E-state index in [4.69, 9.17) is 14.9 Å². The fourth-order valence-corrected chi connectivity index (χ4v) is 1.60. The number of nitrogens with two attached hydrogens (primary N) is 1. The molecular weight excluding hydrogens is 383 g/mol. The molecule has 1 heterocycles. The van der Waals surface area contributed by atoms with Crippen LogP contribution in [0.3, 0.4) is 0 Å². The number of rotatable bonds is 6. The molecule has 0 atom stereocenters. The summed E-state index contributed by atoms with van der Waals surface area (Å²) in [5, 5.41) is 2.94. The molecule has 0 saturated heterocycles. The number of nitrogens with one attached hydrogen (secondary N) is 1. The van der Waals surface area contributed by atoms with Crippen LogP contribution in [-0.4, -0.2) is 31.2 Å². The third-order valence-corrected chi connectivity index (χ3v) is 2.60. The van der Waals surface area contributed by atoms with E-state index in [2.05, 4.69) is 15.3 Å². The average molecular weight is 402 g/mol. The van der Waals surface area contributed by atoms with E-state index in [1.165, 1.54) is 0 Å². The Morgan fingerprint density at radius 1 is 1.38 bits per heavy atom. The van der Waals surface area contributed by atoms with Crippen molar-refractivity contribution in [3.8, 4) is 11.5 Å². The largest absolute Gasteiger partial charge is 0.444 e. The summed E-state index contributed by atoms with van der Waals surface area (Å²) in [6.07, 6.45) is 1.59. The van der Waals surface area contributed by atoms with Crippen LogP contribution in [0.2, 0.25) is 0 Å². The monoisotopic (exact) mass is 402 g/mol. The van der Waals surface area contributed by atoms with Crippen LogP contribution in [0.25, 0.3) is 11.5 Å². The fourth-order valence-electron chi connectivity index (χ4n) is 1.60. The van der Waals surface area contributed by atoms with Crippen LogP contribution in [0.5, 0.6) is 0 Å². The molecule has 2 rings (SSSR count). The number of hydrogen-bond acceptors (Lipinski definition) is 4. The topological polar surface area (TPSA) is 85.7 Å². The predicted molar refractivity (Wildman–Crippen MR) is 92.6 cm³/mol. The summed E-state index contributed by atoms with van der Waals surface area (Å²) in [6, 6.07) is 9.72. The van der Waals surface area contributed by atoms with Gasteiger partial charge in [-0.15, -0.1) is 24.0 Å². The van der Waals surface area contributed by atoms with Gasteiger partial charge in [0, 0.05) is 19.2 Å². The van der Waals surface area contributed by atoms with Gasteiger partial charge in [0.1, 0.15) is 12.0 Å². The van der Waals surface area contributed by atoms with Gasteiger partial charge in [0.05, 0.1) is 13.2 Å². The quantitative estimate of drug-likeness (QED) is 0.334. The lowest BCUT2D eigenvalue weighted by Gasteiger charge is -2.03. The Kier molecular flexibility index (Phi) is 7.76. The Balaban J connectivity index is 0.00000220. The molecule has 0 fully saturated rings. The number of benzene rings is 1. The molecular formula is C14H19IN4O2. The number of oxazole rings is 1. The van der Waals surface area contributed by atoms with Gasteiger partial charge in [-0.3, -0.25) is 0 Å². The van der Waals surface area contributed by atoms with Crippen LogP contribution < -0.4 is 11.1 Å². The van der Waals surface area contributed by atoms with Gasteiger partial charge in [0.2, 0.25) is 5.89 Å². The van der Waals surface area contributed by atoms with E-state index >= 15 is 0 Å². The number of nitrogens with zero attached hydrogens (tertiary/aromatic N) is 2. The number of methoxy groups -OCH3 is 1. The maximum absolute atomic E-state index is 5.71. The van der Waals surface area contributed by atoms with Crippen LogP contribution >= 0.6 is 24.0 Å². The molecule has 3 N–H and O–H groups in total. The van der Waals surface area contributed by atoms with E-state index in [1.807, 2.05) is 30.3 Å². The molecule has 0 radical (unpaired) electrons. The van der Waals surface area contributed by atoms with Gasteiger partial charge in [-0.1, -0.05) is 18.2 Å². The minimum absolute atomic E-state index is 0. The van der Waals surface area contributed by atoms with E-state index in [-0.39, 0.29) is 24.0 Å².